The van der Waals surface area contributed by atoms with Crippen molar-refractivity contribution in [3.63, 3.8) is 0 Å². The molecule has 2 amide bonds. The molecule has 0 saturated heterocycles. The monoisotopic (exact) mass is 492 g/mol. The first-order valence-electron chi connectivity index (χ1n) is 12.5. The highest BCUT2D eigenvalue weighted by Gasteiger charge is 2.27. The van der Waals surface area contributed by atoms with Crippen LogP contribution in [0.15, 0.2) is 72.8 Å². The predicted octanol–water partition coefficient (Wildman–Crippen LogP) is 2.97. The van der Waals surface area contributed by atoms with Crippen LogP contribution in [0.4, 0.5) is 0 Å². The van der Waals surface area contributed by atoms with Gasteiger partial charge in [-0.25, -0.2) is 0 Å². The number of allylic oxidation sites excluding steroid dienone is 2. The summed E-state index contributed by atoms with van der Waals surface area (Å²) >= 11 is 0. The minimum absolute atomic E-state index is 0.00576. The summed E-state index contributed by atoms with van der Waals surface area (Å²) < 4.78 is 5.72. The maximum absolute atomic E-state index is 13.2. The van der Waals surface area contributed by atoms with Crippen LogP contribution in [0.2, 0.25) is 0 Å². The molecule has 2 aromatic rings. The first kappa shape index (κ1) is 27.1. The first-order chi connectivity index (χ1) is 17.4. The molecular formula is C29H36N2O5. The lowest BCUT2D eigenvalue weighted by atomic mass is 9.94. The Labute approximate surface area is 212 Å². The molecule has 3 rings (SSSR count). The van der Waals surface area contributed by atoms with Crippen LogP contribution in [0, 0.1) is 11.8 Å². The number of hydrogen-bond donors (Lipinski definition) is 3. The minimum atomic E-state index is -0.576. The van der Waals surface area contributed by atoms with Crippen molar-refractivity contribution in [1.29, 1.82) is 0 Å². The molecule has 192 valence electrons. The third kappa shape index (κ3) is 8.96. The van der Waals surface area contributed by atoms with Crippen LogP contribution in [0.3, 0.4) is 0 Å². The number of amides is 2. The Kier molecular flexibility index (Phi) is 10.7. The highest BCUT2D eigenvalue weighted by Crippen LogP contribution is 2.19. The molecule has 1 heterocycles. The van der Waals surface area contributed by atoms with Gasteiger partial charge in [0, 0.05) is 12.5 Å². The molecule has 0 aliphatic carbocycles. The zero-order valence-electron chi connectivity index (χ0n) is 20.8. The van der Waals surface area contributed by atoms with Crippen molar-refractivity contribution in [3.8, 4) is 0 Å². The number of ether oxygens (including phenoxy) is 1. The standard InChI is InChI=1S/C29H36N2O5/c1-21(19-32)30-27(33)18-24-14-8-9-15-25(16-22-10-4-2-5-11-22)29(35)36-20-26(31-28(24)34)17-23-12-6-3-7-13-23/h2-13,21,24-26,32H,14-20H2,1H3,(H,30,33)(H,31,34)/t21-,24-,25-,26-/m1/s1. The maximum atomic E-state index is 13.2. The van der Waals surface area contributed by atoms with Gasteiger partial charge in [0.05, 0.1) is 24.5 Å². The third-order valence-corrected chi connectivity index (χ3v) is 6.25. The zero-order valence-corrected chi connectivity index (χ0v) is 20.8. The van der Waals surface area contributed by atoms with E-state index in [0.717, 1.165) is 11.1 Å². The van der Waals surface area contributed by atoms with E-state index < -0.39 is 12.0 Å². The molecule has 7 nitrogen and oxygen atoms in total. The average molecular weight is 493 g/mol. The molecule has 36 heavy (non-hydrogen) atoms. The minimum Gasteiger partial charge on any atom is -0.463 e. The van der Waals surface area contributed by atoms with Gasteiger partial charge in [0.25, 0.3) is 0 Å². The molecule has 2 aromatic carbocycles. The predicted molar refractivity (Wildman–Crippen MR) is 138 cm³/mol. The van der Waals surface area contributed by atoms with Crippen molar-refractivity contribution in [1.82, 2.24) is 10.6 Å². The van der Waals surface area contributed by atoms with E-state index >= 15 is 0 Å². The van der Waals surface area contributed by atoms with E-state index in [-0.39, 0.29) is 49.4 Å². The van der Waals surface area contributed by atoms with Crippen LogP contribution < -0.4 is 10.6 Å². The SMILES string of the molecule is C[C@H](CO)NC(=O)C[C@H]1CC=CC[C@H](Cc2ccccc2)C(=O)OC[C@@H](Cc2ccccc2)NC1=O. The van der Waals surface area contributed by atoms with Crippen molar-refractivity contribution in [2.45, 2.75) is 51.1 Å². The van der Waals surface area contributed by atoms with Crippen molar-refractivity contribution in [3.05, 3.63) is 83.9 Å². The van der Waals surface area contributed by atoms with E-state index in [0.29, 0.717) is 25.7 Å². The number of aliphatic hydroxyl groups is 1. The summed E-state index contributed by atoms with van der Waals surface area (Å²) in [6.07, 6.45) is 5.69. The Morgan fingerprint density at radius 2 is 1.56 bits per heavy atom. The fraction of sp³-hybridized carbons (Fsp3) is 0.414. The largest absolute Gasteiger partial charge is 0.463 e. The molecule has 0 spiro atoms. The van der Waals surface area contributed by atoms with E-state index in [4.69, 9.17) is 4.74 Å². The second kappa shape index (κ2) is 14.2. The van der Waals surface area contributed by atoms with Gasteiger partial charge in [-0.05, 0) is 43.7 Å². The second-order valence-electron chi connectivity index (χ2n) is 9.41. The second-order valence-corrected chi connectivity index (χ2v) is 9.41. The number of carbonyl (C=O) groups excluding carboxylic acids is 3. The zero-order chi connectivity index (χ0) is 25.8. The Morgan fingerprint density at radius 1 is 0.972 bits per heavy atom. The molecule has 7 heteroatoms. The fourth-order valence-corrected chi connectivity index (χ4v) is 4.24. The lowest BCUT2D eigenvalue weighted by molar-refractivity contribution is -0.150. The van der Waals surface area contributed by atoms with Crippen LogP contribution >= 0.6 is 0 Å². The van der Waals surface area contributed by atoms with E-state index in [1.807, 2.05) is 72.8 Å². The molecule has 0 fully saturated rings. The molecular weight excluding hydrogens is 456 g/mol. The smallest absolute Gasteiger partial charge is 0.309 e. The third-order valence-electron chi connectivity index (χ3n) is 6.25. The molecule has 0 aromatic heterocycles. The molecule has 0 unspecified atom stereocenters. The Morgan fingerprint density at radius 3 is 2.17 bits per heavy atom. The highest BCUT2D eigenvalue weighted by atomic mass is 16.5. The van der Waals surface area contributed by atoms with Gasteiger partial charge < -0.3 is 20.5 Å². The van der Waals surface area contributed by atoms with Gasteiger partial charge >= 0.3 is 5.97 Å². The summed E-state index contributed by atoms with van der Waals surface area (Å²) in [5.41, 5.74) is 2.07. The van der Waals surface area contributed by atoms with Gasteiger partial charge in [-0.15, -0.1) is 0 Å². The fourth-order valence-electron chi connectivity index (χ4n) is 4.24. The van der Waals surface area contributed by atoms with Gasteiger partial charge in [-0.3, -0.25) is 14.4 Å². The van der Waals surface area contributed by atoms with E-state index in [2.05, 4.69) is 10.6 Å². The summed E-state index contributed by atoms with van der Waals surface area (Å²) in [6, 6.07) is 18.7. The topological polar surface area (TPSA) is 105 Å². The average Bonchev–Trinajstić information content (AvgIpc) is 2.88. The number of aliphatic hydroxyl groups excluding tert-OH is 1. The number of benzene rings is 2. The highest BCUT2D eigenvalue weighted by molar-refractivity contribution is 5.86. The molecule has 0 saturated carbocycles. The van der Waals surface area contributed by atoms with E-state index in [1.165, 1.54) is 0 Å². The number of cyclic esters (lactones) is 1. The summed E-state index contributed by atoms with van der Waals surface area (Å²) in [7, 11) is 0. The van der Waals surface area contributed by atoms with E-state index in [9.17, 15) is 19.5 Å². The van der Waals surface area contributed by atoms with Crippen molar-refractivity contribution in [2.75, 3.05) is 13.2 Å². The maximum Gasteiger partial charge on any atom is 0.309 e. The number of carbonyl (C=O) groups is 3. The lowest BCUT2D eigenvalue weighted by Gasteiger charge is -2.24. The van der Waals surface area contributed by atoms with Gasteiger partial charge in [-0.2, -0.15) is 0 Å². The molecule has 3 N–H and O–H groups in total. The van der Waals surface area contributed by atoms with Crippen LogP contribution in [-0.2, 0) is 32.0 Å². The Balaban J connectivity index is 1.79. The summed E-state index contributed by atoms with van der Waals surface area (Å²) in [5, 5.41) is 15.0. The van der Waals surface area contributed by atoms with Gasteiger partial charge in [0.15, 0.2) is 0 Å². The van der Waals surface area contributed by atoms with Crippen molar-refractivity contribution in [2.24, 2.45) is 11.8 Å². The Hall–Kier alpha value is -3.45. The molecule has 1 aliphatic heterocycles. The van der Waals surface area contributed by atoms with Gasteiger partial charge in [-0.1, -0.05) is 72.8 Å². The van der Waals surface area contributed by atoms with Gasteiger partial charge in [0.2, 0.25) is 11.8 Å². The van der Waals surface area contributed by atoms with Crippen LogP contribution in [-0.4, -0.2) is 48.2 Å². The first-order valence-corrected chi connectivity index (χ1v) is 12.5. The quantitative estimate of drug-likeness (QED) is 0.388. The van der Waals surface area contributed by atoms with Gasteiger partial charge in [0.1, 0.15) is 6.61 Å². The number of hydrogen-bond acceptors (Lipinski definition) is 5. The van der Waals surface area contributed by atoms with Crippen LogP contribution in [0.25, 0.3) is 0 Å². The molecule has 4 atom stereocenters. The summed E-state index contributed by atoms with van der Waals surface area (Å²) in [6.45, 7) is 1.58. The Bertz CT molecular complexity index is 1010. The van der Waals surface area contributed by atoms with Crippen molar-refractivity contribution < 1.29 is 24.2 Å². The summed E-state index contributed by atoms with van der Waals surface area (Å²) in [4.78, 5) is 38.7. The lowest BCUT2D eigenvalue weighted by Crippen LogP contribution is -2.45. The molecule has 0 bridgehead atoms. The van der Waals surface area contributed by atoms with Crippen LogP contribution in [0.1, 0.15) is 37.3 Å². The number of rotatable bonds is 8. The van der Waals surface area contributed by atoms with E-state index in [1.54, 1.807) is 6.92 Å². The number of nitrogens with one attached hydrogen (secondary N) is 2. The number of esters is 1. The molecule has 1 aliphatic rings. The molecule has 0 radical (unpaired) electrons. The van der Waals surface area contributed by atoms with Crippen LogP contribution in [0.5, 0.6) is 0 Å². The summed E-state index contributed by atoms with van der Waals surface area (Å²) in [5.74, 6) is -1.75. The normalized spacial score (nSPS) is 21.9. The van der Waals surface area contributed by atoms with Crippen molar-refractivity contribution >= 4 is 17.8 Å².